The zero-order valence-corrected chi connectivity index (χ0v) is 16.3. The fourth-order valence-electron chi connectivity index (χ4n) is 2.40. The minimum atomic E-state index is -3.77. The Morgan fingerprint density at radius 1 is 1.30 bits per heavy atom. The minimum absolute atomic E-state index is 0.00296. The lowest BCUT2D eigenvalue weighted by Crippen LogP contribution is -2.43. The Kier molecular flexibility index (Phi) is 7.57. The summed E-state index contributed by atoms with van der Waals surface area (Å²) in [6, 6.07) is 3.33. The average molecular weight is 420 g/mol. The molecule has 2 amide bonds. The standard InChI is InChI=1S/C16H22ClN3O6S/c1-2-11(10-21)18-15(22)16(23)19-14-9-12(3-4-13(14)17)27(24,25)20-5-7-26-8-6-20/h3-4,9,11,21H,2,5-8,10H2,1H3,(H,18,22)(H,19,23). The Bertz CT molecular complexity index is 791. The van der Waals surface area contributed by atoms with Crippen molar-refractivity contribution in [3.63, 3.8) is 0 Å². The average Bonchev–Trinajstić information content (AvgIpc) is 2.68. The number of hydrogen-bond acceptors (Lipinski definition) is 6. The van der Waals surface area contributed by atoms with Crippen LogP contribution in [0.4, 0.5) is 5.69 Å². The Balaban J connectivity index is 2.17. The van der Waals surface area contributed by atoms with Crippen molar-refractivity contribution in [1.29, 1.82) is 0 Å². The summed E-state index contributed by atoms with van der Waals surface area (Å²) in [5, 5.41) is 13.9. The maximum absolute atomic E-state index is 12.7. The Hall–Kier alpha value is -1.72. The molecule has 150 valence electrons. The van der Waals surface area contributed by atoms with Crippen LogP contribution in [0.3, 0.4) is 0 Å². The maximum atomic E-state index is 12.7. The first-order valence-corrected chi connectivity index (χ1v) is 10.2. The van der Waals surface area contributed by atoms with Gasteiger partial charge in [-0.25, -0.2) is 8.42 Å². The zero-order valence-electron chi connectivity index (χ0n) is 14.8. The number of carbonyl (C=O) groups excluding carboxylic acids is 2. The summed E-state index contributed by atoms with van der Waals surface area (Å²) < 4.78 is 31.8. The van der Waals surface area contributed by atoms with E-state index < -0.39 is 27.9 Å². The molecule has 1 unspecified atom stereocenters. The minimum Gasteiger partial charge on any atom is -0.394 e. The van der Waals surface area contributed by atoms with E-state index in [9.17, 15) is 18.0 Å². The van der Waals surface area contributed by atoms with Crippen LogP contribution in [0.2, 0.25) is 5.02 Å². The highest BCUT2D eigenvalue weighted by molar-refractivity contribution is 7.89. The number of morpholine rings is 1. The van der Waals surface area contributed by atoms with Gasteiger partial charge < -0.3 is 20.5 Å². The van der Waals surface area contributed by atoms with Crippen LogP contribution in [0.5, 0.6) is 0 Å². The topological polar surface area (TPSA) is 125 Å². The van der Waals surface area contributed by atoms with Gasteiger partial charge in [0, 0.05) is 13.1 Å². The van der Waals surface area contributed by atoms with Gasteiger partial charge in [-0.05, 0) is 24.6 Å². The van der Waals surface area contributed by atoms with E-state index in [0.717, 1.165) is 0 Å². The van der Waals surface area contributed by atoms with Gasteiger partial charge in [0.15, 0.2) is 0 Å². The van der Waals surface area contributed by atoms with Crippen molar-refractivity contribution in [2.24, 2.45) is 0 Å². The molecule has 0 saturated carbocycles. The highest BCUT2D eigenvalue weighted by atomic mass is 35.5. The molecule has 0 spiro atoms. The fourth-order valence-corrected chi connectivity index (χ4v) is 4.00. The molecule has 1 aromatic rings. The Labute approximate surface area is 162 Å². The van der Waals surface area contributed by atoms with Gasteiger partial charge in [0.25, 0.3) is 0 Å². The molecule has 9 nitrogen and oxygen atoms in total. The second-order valence-electron chi connectivity index (χ2n) is 5.87. The van der Waals surface area contributed by atoms with Gasteiger partial charge in [-0.1, -0.05) is 18.5 Å². The van der Waals surface area contributed by atoms with Gasteiger partial charge in [0.2, 0.25) is 10.0 Å². The largest absolute Gasteiger partial charge is 0.394 e. The zero-order chi connectivity index (χ0) is 20.0. The first-order chi connectivity index (χ1) is 12.8. The normalized spacial score (nSPS) is 16.6. The van der Waals surface area contributed by atoms with Crippen molar-refractivity contribution < 1.29 is 27.9 Å². The molecule has 1 aromatic carbocycles. The molecular formula is C16H22ClN3O6S. The summed E-state index contributed by atoms with van der Waals surface area (Å²) >= 11 is 6.03. The highest BCUT2D eigenvalue weighted by Gasteiger charge is 2.27. The van der Waals surface area contributed by atoms with Gasteiger partial charge in [-0.15, -0.1) is 0 Å². The molecule has 1 saturated heterocycles. The Morgan fingerprint density at radius 2 is 1.96 bits per heavy atom. The van der Waals surface area contributed by atoms with E-state index in [1.807, 2.05) is 0 Å². The van der Waals surface area contributed by atoms with E-state index in [0.29, 0.717) is 19.6 Å². The second-order valence-corrected chi connectivity index (χ2v) is 8.22. The molecular weight excluding hydrogens is 398 g/mol. The van der Waals surface area contributed by atoms with E-state index >= 15 is 0 Å². The lowest BCUT2D eigenvalue weighted by Gasteiger charge is -2.26. The SMILES string of the molecule is CCC(CO)NC(=O)C(=O)Nc1cc(S(=O)(=O)N2CCOCC2)ccc1Cl. The van der Waals surface area contributed by atoms with Crippen LogP contribution in [-0.4, -0.2) is 68.6 Å². The van der Waals surface area contributed by atoms with Crippen LogP contribution in [0.25, 0.3) is 0 Å². The van der Waals surface area contributed by atoms with E-state index in [1.165, 1.54) is 22.5 Å². The van der Waals surface area contributed by atoms with E-state index in [2.05, 4.69) is 10.6 Å². The third-order valence-corrected chi connectivity index (χ3v) is 6.27. The molecule has 11 heteroatoms. The molecule has 1 fully saturated rings. The lowest BCUT2D eigenvalue weighted by molar-refractivity contribution is -0.136. The fraction of sp³-hybridized carbons (Fsp3) is 0.500. The van der Waals surface area contributed by atoms with Crippen LogP contribution >= 0.6 is 11.6 Å². The van der Waals surface area contributed by atoms with Gasteiger partial charge in [0.1, 0.15) is 0 Å². The maximum Gasteiger partial charge on any atom is 0.313 e. The van der Waals surface area contributed by atoms with Crippen LogP contribution in [-0.2, 0) is 24.3 Å². The van der Waals surface area contributed by atoms with Crippen molar-refractivity contribution in [2.75, 3.05) is 38.2 Å². The van der Waals surface area contributed by atoms with Crippen molar-refractivity contribution in [3.8, 4) is 0 Å². The summed E-state index contributed by atoms with van der Waals surface area (Å²) in [6.45, 7) is 2.52. The first kappa shape index (κ1) is 21.6. The molecule has 1 heterocycles. The third-order valence-electron chi connectivity index (χ3n) is 4.05. The van der Waals surface area contributed by atoms with Gasteiger partial charge in [-0.2, -0.15) is 4.31 Å². The quantitative estimate of drug-likeness (QED) is 0.565. The molecule has 27 heavy (non-hydrogen) atoms. The van der Waals surface area contributed by atoms with E-state index in [4.69, 9.17) is 21.4 Å². The highest BCUT2D eigenvalue weighted by Crippen LogP contribution is 2.27. The molecule has 1 atom stereocenters. The number of rotatable bonds is 6. The smallest absolute Gasteiger partial charge is 0.313 e. The number of sulfonamides is 1. The molecule has 2 rings (SSSR count). The number of halogens is 1. The third kappa shape index (κ3) is 5.39. The van der Waals surface area contributed by atoms with Crippen molar-refractivity contribution in [1.82, 2.24) is 9.62 Å². The van der Waals surface area contributed by atoms with Gasteiger partial charge >= 0.3 is 11.8 Å². The number of anilines is 1. The number of amides is 2. The number of hydrogen-bond donors (Lipinski definition) is 3. The number of aliphatic hydroxyl groups excluding tert-OH is 1. The number of benzene rings is 1. The van der Waals surface area contributed by atoms with Crippen molar-refractivity contribution in [3.05, 3.63) is 23.2 Å². The number of nitrogens with zero attached hydrogens (tertiary/aromatic N) is 1. The monoisotopic (exact) mass is 419 g/mol. The van der Waals surface area contributed by atoms with Crippen LogP contribution < -0.4 is 10.6 Å². The molecule has 0 radical (unpaired) electrons. The van der Waals surface area contributed by atoms with Gasteiger partial charge in [-0.3, -0.25) is 9.59 Å². The molecule has 3 N–H and O–H groups in total. The van der Waals surface area contributed by atoms with Crippen LogP contribution in [0.15, 0.2) is 23.1 Å². The van der Waals surface area contributed by atoms with Gasteiger partial charge in [0.05, 0.1) is 41.5 Å². The van der Waals surface area contributed by atoms with E-state index in [-0.39, 0.29) is 35.3 Å². The number of carbonyl (C=O) groups is 2. The summed E-state index contributed by atoms with van der Waals surface area (Å²) in [7, 11) is -3.77. The molecule has 0 bridgehead atoms. The Morgan fingerprint density at radius 3 is 2.56 bits per heavy atom. The molecule has 0 aliphatic carbocycles. The van der Waals surface area contributed by atoms with Crippen LogP contribution in [0.1, 0.15) is 13.3 Å². The predicted octanol–water partition coefficient (Wildman–Crippen LogP) is 0.187. The lowest BCUT2D eigenvalue weighted by atomic mass is 10.2. The summed E-state index contributed by atoms with van der Waals surface area (Å²) in [5.74, 6) is -1.96. The number of aliphatic hydroxyl groups is 1. The predicted molar refractivity (Wildman–Crippen MR) is 99.0 cm³/mol. The van der Waals surface area contributed by atoms with Crippen molar-refractivity contribution >= 4 is 39.1 Å². The van der Waals surface area contributed by atoms with Crippen molar-refractivity contribution in [2.45, 2.75) is 24.3 Å². The van der Waals surface area contributed by atoms with Crippen LogP contribution in [0, 0.1) is 0 Å². The molecule has 0 aromatic heterocycles. The number of ether oxygens (including phenoxy) is 1. The summed E-state index contributed by atoms with van der Waals surface area (Å²) in [6.07, 6.45) is 0.448. The number of nitrogens with one attached hydrogen (secondary N) is 2. The molecule has 1 aliphatic heterocycles. The summed E-state index contributed by atoms with van der Waals surface area (Å²) in [4.78, 5) is 23.9. The molecule has 1 aliphatic rings. The second kappa shape index (κ2) is 9.47. The summed E-state index contributed by atoms with van der Waals surface area (Å²) in [5.41, 5.74) is 0.00296. The first-order valence-electron chi connectivity index (χ1n) is 8.39. The van der Waals surface area contributed by atoms with E-state index in [1.54, 1.807) is 6.92 Å².